The summed E-state index contributed by atoms with van der Waals surface area (Å²) in [7, 11) is 0. The molecule has 1 aromatic rings. The van der Waals surface area contributed by atoms with Crippen molar-refractivity contribution in [1.29, 1.82) is 0 Å². The van der Waals surface area contributed by atoms with Gasteiger partial charge in [-0.15, -0.1) is 12.4 Å². The third kappa shape index (κ3) is 2.87. The Morgan fingerprint density at radius 1 is 1.62 bits per heavy atom. The second-order valence-electron chi connectivity index (χ2n) is 2.45. The Hall–Kier alpha value is -0.230. The van der Waals surface area contributed by atoms with Crippen LogP contribution in [0.1, 0.15) is 11.6 Å². The summed E-state index contributed by atoms with van der Waals surface area (Å²) in [6, 6.07) is 0.118. The highest BCUT2D eigenvalue weighted by molar-refractivity contribution is 7.07. The lowest BCUT2D eigenvalue weighted by molar-refractivity contribution is -0.0710. The number of hydrogen-bond donors (Lipinski definition) is 2. The highest BCUT2D eigenvalue weighted by Crippen LogP contribution is 2.29. The molecule has 0 aliphatic rings. The predicted octanol–water partition coefficient (Wildman–Crippen LogP) is 1.80. The fourth-order valence-corrected chi connectivity index (χ4v) is 1.49. The van der Waals surface area contributed by atoms with Gasteiger partial charge in [0.05, 0.1) is 6.04 Å². The van der Waals surface area contributed by atoms with E-state index < -0.39 is 18.6 Å². The molecule has 0 radical (unpaired) electrons. The number of rotatable bonds is 3. The highest BCUT2D eigenvalue weighted by Gasteiger charge is 2.37. The molecule has 0 saturated carbocycles. The van der Waals surface area contributed by atoms with Gasteiger partial charge in [-0.1, -0.05) is 0 Å². The van der Waals surface area contributed by atoms with E-state index in [-0.39, 0.29) is 12.4 Å². The fourth-order valence-electron chi connectivity index (χ4n) is 0.794. The number of aliphatic hydroxyl groups excluding tert-OH is 1. The Labute approximate surface area is 84.8 Å². The van der Waals surface area contributed by atoms with Crippen LogP contribution in [0, 0.1) is 0 Å². The first kappa shape index (κ1) is 12.8. The predicted molar refractivity (Wildman–Crippen MR) is 50.5 cm³/mol. The Balaban J connectivity index is 0.00000144. The van der Waals surface area contributed by atoms with Crippen LogP contribution in [0.15, 0.2) is 16.8 Å². The first-order valence-corrected chi connectivity index (χ1v) is 4.28. The fraction of sp³-hybridized carbons (Fsp3) is 0.429. The van der Waals surface area contributed by atoms with Crippen LogP contribution < -0.4 is 5.73 Å². The zero-order valence-electron chi connectivity index (χ0n) is 6.61. The molecule has 76 valence electrons. The summed E-state index contributed by atoms with van der Waals surface area (Å²) < 4.78 is 25.5. The van der Waals surface area contributed by atoms with Crippen molar-refractivity contribution < 1.29 is 13.9 Å². The zero-order valence-corrected chi connectivity index (χ0v) is 8.25. The molecule has 1 atom stereocenters. The van der Waals surface area contributed by atoms with E-state index in [1.807, 2.05) is 0 Å². The molecular formula is C7H10ClF2NOS. The molecule has 0 spiro atoms. The summed E-state index contributed by atoms with van der Waals surface area (Å²) in [5.74, 6) is -3.24. The minimum absolute atomic E-state index is 0. The topological polar surface area (TPSA) is 46.2 Å². The molecule has 1 heterocycles. The van der Waals surface area contributed by atoms with E-state index in [0.717, 1.165) is 0 Å². The van der Waals surface area contributed by atoms with Gasteiger partial charge in [0.1, 0.15) is 6.61 Å². The van der Waals surface area contributed by atoms with Crippen molar-refractivity contribution in [3.8, 4) is 0 Å². The minimum Gasteiger partial charge on any atom is -0.390 e. The summed E-state index contributed by atoms with van der Waals surface area (Å²) in [6.45, 7) is -1.22. The number of halogens is 3. The van der Waals surface area contributed by atoms with E-state index in [9.17, 15) is 8.78 Å². The summed E-state index contributed by atoms with van der Waals surface area (Å²) in [6.07, 6.45) is 0. The number of aliphatic hydroxyl groups is 1. The molecule has 0 unspecified atom stereocenters. The molecule has 0 saturated heterocycles. The Morgan fingerprint density at radius 2 is 2.23 bits per heavy atom. The number of alkyl halides is 2. The van der Waals surface area contributed by atoms with Gasteiger partial charge < -0.3 is 10.8 Å². The quantitative estimate of drug-likeness (QED) is 0.830. The van der Waals surface area contributed by atoms with Crippen LogP contribution in [-0.4, -0.2) is 17.6 Å². The second-order valence-corrected chi connectivity index (χ2v) is 3.23. The SMILES string of the molecule is Cl.N[C@@H](c1ccsc1)C(F)(F)CO. The van der Waals surface area contributed by atoms with Crippen molar-refractivity contribution in [2.24, 2.45) is 5.73 Å². The summed E-state index contributed by atoms with van der Waals surface area (Å²) in [4.78, 5) is 0. The van der Waals surface area contributed by atoms with Crippen molar-refractivity contribution in [3.63, 3.8) is 0 Å². The Kier molecular flexibility index (Phi) is 4.77. The van der Waals surface area contributed by atoms with Crippen molar-refractivity contribution >= 4 is 23.7 Å². The summed E-state index contributed by atoms with van der Waals surface area (Å²) in [5.41, 5.74) is 5.58. The van der Waals surface area contributed by atoms with Gasteiger partial charge in [0.15, 0.2) is 0 Å². The smallest absolute Gasteiger partial charge is 0.289 e. The van der Waals surface area contributed by atoms with Crippen LogP contribution in [-0.2, 0) is 0 Å². The van der Waals surface area contributed by atoms with E-state index in [1.165, 1.54) is 17.4 Å². The largest absolute Gasteiger partial charge is 0.390 e. The van der Waals surface area contributed by atoms with Crippen molar-refractivity contribution in [1.82, 2.24) is 0 Å². The molecule has 13 heavy (non-hydrogen) atoms. The normalized spacial score (nSPS) is 13.5. The van der Waals surface area contributed by atoms with Gasteiger partial charge in [0.2, 0.25) is 0 Å². The van der Waals surface area contributed by atoms with Crippen LogP contribution >= 0.6 is 23.7 Å². The van der Waals surface area contributed by atoms with Gasteiger partial charge in [-0.05, 0) is 22.4 Å². The van der Waals surface area contributed by atoms with Gasteiger partial charge in [-0.2, -0.15) is 11.3 Å². The highest BCUT2D eigenvalue weighted by atomic mass is 35.5. The first-order chi connectivity index (χ1) is 5.58. The number of hydrogen-bond acceptors (Lipinski definition) is 3. The van der Waals surface area contributed by atoms with Crippen LogP contribution in [0.3, 0.4) is 0 Å². The average molecular weight is 230 g/mol. The van der Waals surface area contributed by atoms with E-state index >= 15 is 0 Å². The van der Waals surface area contributed by atoms with E-state index in [4.69, 9.17) is 10.8 Å². The van der Waals surface area contributed by atoms with E-state index in [0.29, 0.717) is 5.56 Å². The molecular weight excluding hydrogens is 220 g/mol. The summed E-state index contributed by atoms with van der Waals surface area (Å²) in [5, 5.41) is 11.6. The van der Waals surface area contributed by atoms with Crippen molar-refractivity contribution in [3.05, 3.63) is 22.4 Å². The monoisotopic (exact) mass is 229 g/mol. The van der Waals surface area contributed by atoms with Crippen LogP contribution in [0.2, 0.25) is 0 Å². The molecule has 0 aromatic carbocycles. The molecule has 1 aromatic heterocycles. The lowest BCUT2D eigenvalue weighted by Gasteiger charge is -2.20. The lowest BCUT2D eigenvalue weighted by atomic mass is 10.1. The van der Waals surface area contributed by atoms with Gasteiger partial charge in [0.25, 0.3) is 5.92 Å². The third-order valence-electron chi connectivity index (χ3n) is 1.57. The first-order valence-electron chi connectivity index (χ1n) is 3.34. The van der Waals surface area contributed by atoms with Gasteiger partial charge in [0, 0.05) is 0 Å². The third-order valence-corrected chi connectivity index (χ3v) is 2.27. The lowest BCUT2D eigenvalue weighted by Crippen LogP contribution is -2.35. The van der Waals surface area contributed by atoms with Gasteiger partial charge in [-0.25, -0.2) is 8.78 Å². The van der Waals surface area contributed by atoms with Crippen molar-refractivity contribution in [2.75, 3.05) is 6.61 Å². The Morgan fingerprint density at radius 3 is 2.62 bits per heavy atom. The molecule has 2 nitrogen and oxygen atoms in total. The molecule has 3 N–H and O–H groups in total. The second kappa shape index (κ2) is 4.85. The van der Waals surface area contributed by atoms with Crippen LogP contribution in [0.25, 0.3) is 0 Å². The van der Waals surface area contributed by atoms with Crippen LogP contribution in [0.4, 0.5) is 8.78 Å². The molecule has 0 bridgehead atoms. The number of thiophene rings is 1. The van der Waals surface area contributed by atoms with E-state index in [2.05, 4.69) is 0 Å². The molecule has 0 aliphatic heterocycles. The molecule has 6 heteroatoms. The molecule has 0 aliphatic carbocycles. The standard InChI is InChI=1S/C7H9F2NOS.ClH/c8-7(9,4-11)6(10)5-1-2-12-3-5;/h1-3,6,11H,4,10H2;1H/t6-;/m0./s1. The summed E-state index contributed by atoms with van der Waals surface area (Å²) >= 11 is 1.30. The van der Waals surface area contributed by atoms with Crippen LogP contribution in [0.5, 0.6) is 0 Å². The number of nitrogens with two attached hydrogens (primary N) is 1. The maximum atomic E-state index is 12.7. The van der Waals surface area contributed by atoms with Gasteiger partial charge in [-0.3, -0.25) is 0 Å². The molecule has 0 fully saturated rings. The average Bonchev–Trinajstić information content (AvgIpc) is 2.55. The molecule has 0 amide bonds. The Bertz CT molecular complexity index is 243. The maximum absolute atomic E-state index is 12.7. The van der Waals surface area contributed by atoms with E-state index in [1.54, 1.807) is 10.8 Å². The van der Waals surface area contributed by atoms with Gasteiger partial charge >= 0.3 is 0 Å². The minimum atomic E-state index is -3.24. The maximum Gasteiger partial charge on any atom is 0.289 e. The van der Waals surface area contributed by atoms with Crippen molar-refractivity contribution in [2.45, 2.75) is 12.0 Å². The zero-order chi connectivity index (χ0) is 9.19. The molecule has 1 rings (SSSR count).